The number of aromatic nitrogens is 4. The molecule has 0 radical (unpaired) electrons. The van der Waals surface area contributed by atoms with Gasteiger partial charge in [-0.3, -0.25) is 38.1 Å². The van der Waals surface area contributed by atoms with Crippen LogP contribution in [0.5, 0.6) is 0 Å². The molecule has 0 saturated carbocycles. The number of rotatable bonds is 25. The van der Waals surface area contributed by atoms with Crippen LogP contribution in [0.2, 0.25) is 0 Å². The number of nitrogens with two attached hydrogens (primary N) is 1. The average Bonchev–Trinajstić information content (AvgIpc) is 3.75. The monoisotopic (exact) mass is 951 g/mol. The fourth-order valence-corrected chi connectivity index (χ4v) is 11.0. The number of nitrogens with zero attached hydrogens (tertiary/aromatic N) is 4. The van der Waals surface area contributed by atoms with Crippen LogP contribution in [0.1, 0.15) is 55.4 Å². The molecule has 27 heteroatoms. The molecule has 2 aliphatic heterocycles. The maximum atomic E-state index is 15.7. The topological polar surface area (TPSA) is 343 Å². The summed E-state index contributed by atoms with van der Waals surface area (Å²) in [5.74, 6) is -2.95. The van der Waals surface area contributed by atoms with E-state index in [4.69, 9.17) is 52.9 Å². The first kappa shape index (κ1) is 53.4. The number of aliphatic hydroxyl groups is 3. The first-order valence-corrected chi connectivity index (χ1v) is 22.4. The van der Waals surface area contributed by atoms with Crippen LogP contribution in [0.3, 0.4) is 0 Å². The Morgan fingerprint density at radius 1 is 0.908 bits per heavy atom. The van der Waals surface area contributed by atoms with Crippen molar-refractivity contribution in [2.45, 2.75) is 122 Å². The van der Waals surface area contributed by atoms with E-state index in [1.165, 1.54) is 18.5 Å². The molecule has 1 amide bonds. The maximum absolute atomic E-state index is 15.7. The van der Waals surface area contributed by atoms with E-state index in [9.17, 15) is 39.3 Å². The highest BCUT2D eigenvalue weighted by Gasteiger charge is 2.69. The van der Waals surface area contributed by atoms with E-state index >= 15 is 4.57 Å². The number of aromatic amines is 1. The van der Waals surface area contributed by atoms with Gasteiger partial charge in [-0.2, -0.15) is 4.98 Å². The maximum Gasteiger partial charge on any atom is 0.328 e. The molecule has 2 aromatic heterocycles. The second kappa shape index (κ2) is 24.0. The lowest BCUT2D eigenvalue weighted by atomic mass is 9.96. The third-order valence-corrected chi connectivity index (χ3v) is 13.4. The number of aliphatic hydroxyl groups excluding tert-OH is 3. The number of fused-ring (bicyclic) bond motifs is 1. The molecule has 0 bridgehead atoms. The number of anilines is 1. The highest BCUT2D eigenvalue weighted by atomic mass is 31.2. The van der Waals surface area contributed by atoms with Crippen LogP contribution >= 0.6 is 7.52 Å². The summed E-state index contributed by atoms with van der Waals surface area (Å²) in [6.45, 7) is 10.4. The van der Waals surface area contributed by atoms with Gasteiger partial charge >= 0.3 is 25.4 Å². The molecular formula is C38H62N7O19P. The van der Waals surface area contributed by atoms with Gasteiger partial charge in [0.2, 0.25) is 11.9 Å². The first-order valence-electron chi connectivity index (χ1n) is 20.9. The van der Waals surface area contributed by atoms with Gasteiger partial charge in [-0.05, 0) is 27.7 Å². The van der Waals surface area contributed by atoms with Crippen molar-refractivity contribution in [2.24, 2.45) is 0 Å². The van der Waals surface area contributed by atoms with Gasteiger partial charge in [-0.15, -0.1) is 0 Å². The molecule has 368 valence electrons. The number of nitrogens with one attached hydrogen (secondary N) is 2. The van der Waals surface area contributed by atoms with Crippen molar-refractivity contribution >= 4 is 48.4 Å². The fraction of sp³-hybridized carbons (Fsp3) is 0.763. The van der Waals surface area contributed by atoms with Crippen molar-refractivity contribution in [2.75, 3.05) is 71.8 Å². The van der Waals surface area contributed by atoms with Crippen LogP contribution in [0.15, 0.2) is 11.1 Å². The molecular weight excluding hydrogens is 889 g/mol. The summed E-state index contributed by atoms with van der Waals surface area (Å²) in [4.78, 5) is 71.1. The Kier molecular flexibility index (Phi) is 19.7. The molecule has 0 spiro atoms. The number of amides is 1. The van der Waals surface area contributed by atoms with Crippen molar-refractivity contribution in [3.63, 3.8) is 0 Å². The molecule has 65 heavy (non-hydrogen) atoms. The molecule has 2 aliphatic rings. The molecule has 10 atom stereocenters. The summed E-state index contributed by atoms with van der Waals surface area (Å²) in [5.41, 5.74) is 2.19. The number of hydrogen-bond donors (Lipinski definition) is 6. The van der Waals surface area contributed by atoms with Gasteiger partial charge in [0, 0.05) is 39.8 Å². The molecule has 7 N–H and O–H groups in total. The SMILES string of the molecule is CC(=O)N[C@H]1[C@H](OCCOCCOCCOCCOP(=O)(N(C(C)C)C(C)C)[C@@]2(n3cnc4c(=O)[nH]c(N)nc43)O[C@H](CO)[C@@H](O)[C@H]2O)O[C@H](COC(C)=O)[C@H](OC(C)=O)[C@@H]1OC(C)=O. The van der Waals surface area contributed by atoms with Crippen LogP contribution in [-0.4, -0.2) is 190 Å². The van der Waals surface area contributed by atoms with Gasteiger partial charge in [0.05, 0.1) is 59.5 Å². The van der Waals surface area contributed by atoms with E-state index in [2.05, 4.69) is 20.3 Å². The van der Waals surface area contributed by atoms with Gasteiger partial charge in [0.1, 0.15) is 43.4 Å². The van der Waals surface area contributed by atoms with Crippen LogP contribution in [0, 0.1) is 0 Å². The largest absolute Gasteiger partial charge is 0.463 e. The molecule has 2 fully saturated rings. The number of ether oxygens (including phenoxy) is 9. The summed E-state index contributed by atoms with van der Waals surface area (Å²) in [5, 5.41) is 35.5. The average molecular weight is 952 g/mol. The quantitative estimate of drug-likeness (QED) is 0.0285. The molecule has 2 aromatic rings. The number of carbonyl (C=O) groups is 4. The van der Waals surface area contributed by atoms with Crippen molar-refractivity contribution in [3.05, 3.63) is 16.7 Å². The predicted molar refractivity (Wildman–Crippen MR) is 223 cm³/mol. The molecule has 0 aliphatic carbocycles. The molecule has 2 saturated heterocycles. The summed E-state index contributed by atoms with van der Waals surface area (Å²) in [6, 6.07) is -2.14. The lowest BCUT2D eigenvalue weighted by Crippen LogP contribution is -2.66. The summed E-state index contributed by atoms with van der Waals surface area (Å²) >= 11 is 0. The Bertz CT molecular complexity index is 2010. The third-order valence-electron chi connectivity index (χ3n) is 9.95. The molecule has 26 nitrogen and oxygen atoms in total. The summed E-state index contributed by atoms with van der Waals surface area (Å²) < 4.78 is 75.2. The zero-order valence-electron chi connectivity index (χ0n) is 37.6. The minimum atomic E-state index is -4.61. The Morgan fingerprint density at radius 2 is 1.48 bits per heavy atom. The van der Waals surface area contributed by atoms with Crippen molar-refractivity contribution < 1.29 is 86.2 Å². The highest BCUT2D eigenvalue weighted by Crippen LogP contribution is 2.70. The Labute approximate surface area is 374 Å². The lowest BCUT2D eigenvalue weighted by molar-refractivity contribution is -0.279. The van der Waals surface area contributed by atoms with E-state index in [1.54, 1.807) is 27.7 Å². The first-order chi connectivity index (χ1) is 30.7. The van der Waals surface area contributed by atoms with E-state index in [1.807, 2.05) is 0 Å². The molecule has 0 aromatic carbocycles. The third kappa shape index (κ3) is 12.8. The van der Waals surface area contributed by atoms with E-state index in [0.717, 1.165) is 24.7 Å². The van der Waals surface area contributed by atoms with Gasteiger partial charge in [-0.1, -0.05) is 0 Å². The smallest absolute Gasteiger partial charge is 0.328 e. The van der Waals surface area contributed by atoms with Gasteiger partial charge in [0.15, 0.2) is 29.7 Å². The van der Waals surface area contributed by atoms with E-state index in [-0.39, 0.29) is 76.6 Å². The number of esters is 3. The standard InChI is InChI=1S/C38H62N7O19P/c1-20(2)45(21(3)4)65(54,38(33(52)30(51)26(17-46)64-38)44-19-40-29-34(44)42-37(39)43-35(29)53)60-16-14-57-12-10-55-9-11-56-13-15-58-36-28(41-22(5)47)32(62-25(8)50)31(61-24(7)49)27(63-36)18-59-23(6)48/h19-21,26-28,30-33,36,46,51-52H,9-18H2,1-8H3,(H,41,47)(H3,39,42,43,53)/t26-,27-,28-,30-,31+,32-,33-,36-,38+,65?/m1/s1. The second-order valence-electron chi connectivity index (χ2n) is 15.5. The van der Waals surface area contributed by atoms with Crippen LogP contribution < -0.4 is 16.6 Å². The molecule has 4 heterocycles. The van der Waals surface area contributed by atoms with Crippen molar-refractivity contribution in [3.8, 4) is 0 Å². The number of hydrogen-bond acceptors (Lipinski definition) is 22. The Hall–Kier alpha value is -4.18. The van der Waals surface area contributed by atoms with Crippen molar-refractivity contribution in [1.29, 1.82) is 0 Å². The van der Waals surface area contributed by atoms with Gasteiger partial charge < -0.3 is 73.5 Å². The summed E-state index contributed by atoms with van der Waals surface area (Å²) in [7, 11) is -4.61. The van der Waals surface area contributed by atoms with E-state index in [0.29, 0.717) is 0 Å². The summed E-state index contributed by atoms with van der Waals surface area (Å²) in [6.07, 6.45) is -9.02. The number of imidazole rings is 1. The van der Waals surface area contributed by atoms with E-state index < -0.39 is 110 Å². The predicted octanol–water partition coefficient (Wildman–Crippen LogP) is -1.52. The minimum Gasteiger partial charge on any atom is -0.463 e. The fourth-order valence-electron chi connectivity index (χ4n) is 7.61. The Morgan fingerprint density at radius 3 is 2.00 bits per heavy atom. The van der Waals surface area contributed by atoms with Gasteiger partial charge in [0.25, 0.3) is 11.0 Å². The van der Waals surface area contributed by atoms with Gasteiger partial charge in [-0.25, -0.2) is 9.65 Å². The molecule has 1 unspecified atom stereocenters. The zero-order valence-corrected chi connectivity index (χ0v) is 38.5. The number of nitrogen functional groups attached to an aromatic ring is 1. The second-order valence-corrected chi connectivity index (χ2v) is 17.9. The minimum absolute atomic E-state index is 0.0265. The highest BCUT2D eigenvalue weighted by molar-refractivity contribution is 7.57. The number of H-pyrrole nitrogens is 1. The lowest BCUT2D eigenvalue weighted by Gasteiger charge is -2.47. The Balaban J connectivity index is 1.32. The number of carbonyl (C=O) groups excluding carboxylic acids is 4. The van der Waals surface area contributed by atoms with Crippen molar-refractivity contribution in [1.82, 2.24) is 29.5 Å². The molecule has 4 rings (SSSR count). The normalized spacial score (nSPS) is 26.7. The van der Waals surface area contributed by atoms with Crippen LogP contribution in [-0.2, 0) is 76.4 Å². The zero-order chi connectivity index (χ0) is 48.2. The van der Waals surface area contributed by atoms with Crippen LogP contribution in [0.25, 0.3) is 11.2 Å². The van der Waals surface area contributed by atoms with Crippen LogP contribution in [0.4, 0.5) is 5.95 Å².